The molecule has 0 aliphatic rings. The molecule has 0 unspecified atom stereocenters. The van der Waals surface area contributed by atoms with Crippen molar-refractivity contribution in [3.8, 4) is 5.75 Å². The van der Waals surface area contributed by atoms with Crippen LogP contribution >= 0.6 is 0 Å². The zero-order valence-electron chi connectivity index (χ0n) is 9.05. The number of hydrogen-bond donors (Lipinski definition) is 1. The lowest BCUT2D eigenvalue weighted by atomic mass is 10.3. The van der Waals surface area contributed by atoms with Gasteiger partial charge in [0.15, 0.2) is 0 Å². The monoisotopic (exact) mass is 193 g/mol. The van der Waals surface area contributed by atoms with Crippen molar-refractivity contribution in [2.45, 2.75) is 26.7 Å². The molecule has 0 atom stereocenters. The summed E-state index contributed by atoms with van der Waals surface area (Å²) in [6, 6.07) is 8.11. The van der Waals surface area contributed by atoms with Gasteiger partial charge < -0.3 is 10.1 Å². The van der Waals surface area contributed by atoms with Gasteiger partial charge in [-0.05, 0) is 37.6 Å². The van der Waals surface area contributed by atoms with Crippen LogP contribution in [0.4, 0.5) is 5.69 Å². The minimum Gasteiger partial charge on any atom is -0.494 e. The maximum atomic E-state index is 5.36. The van der Waals surface area contributed by atoms with Gasteiger partial charge in [0.1, 0.15) is 5.75 Å². The van der Waals surface area contributed by atoms with Gasteiger partial charge in [0, 0.05) is 12.2 Å². The number of rotatable bonds is 6. The molecule has 1 aromatic rings. The first-order chi connectivity index (χ1) is 6.86. The van der Waals surface area contributed by atoms with Crippen LogP contribution in [0.2, 0.25) is 0 Å². The van der Waals surface area contributed by atoms with Crippen LogP contribution in [0.5, 0.6) is 5.75 Å². The van der Waals surface area contributed by atoms with Crippen molar-refractivity contribution in [1.82, 2.24) is 0 Å². The molecular formula is C12H19NO. The summed E-state index contributed by atoms with van der Waals surface area (Å²) in [5.74, 6) is 0.938. The number of ether oxygens (including phenoxy) is 1. The van der Waals surface area contributed by atoms with Crippen LogP contribution in [0.15, 0.2) is 24.3 Å². The fourth-order valence-corrected chi connectivity index (χ4v) is 1.25. The zero-order chi connectivity index (χ0) is 10.2. The van der Waals surface area contributed by atoms with E-state index in [0.717, 1.165) is 18.9 Å². The Hall–Kier alpha value is -1.18. The van der Waals surface area contributed by atoms with Crippen molar-refractivity contribution in [2.24, 2.45) is 0 Å². The molecule has 0 aromatic heterocycles. The lowest BCUT2D eigenvalue weighted by Crippen LogP contribution is -2.00. The van der Waals surface area contributed by atoms with E-state index in [1.807, 2.05) is 19.1 Å². The largest absolute Gasteiger partial charge is 0.494 e. The highest BCUT2D eigenvalue weighted by atomic mass is 16.5. The van der Waals surface area contributed by atoms with Crippen LogP contribution in [0.1, 0.15) is 26.7 Å². The Labute approximate surface area is 86.3 Å². The van der Waals surface area contributed by atoms with E-state index in [2.05, 4.69) is 24.4 Å². The van der Waals surface area contributed by atoms with E-state index in [0.29, 0.717) is 0 Å². The summed E-state index contributed by atoms with van der Waals surface area (Å²) in [7, 11) is 0. The van der Waals surface area contributed by atoms with Crippen LogP contribution in [0, 0.1) is 0 Å². The van der Waals surface area contributed by atoms with E-state index in [4.69, 9.17) is 4.74 Å². The lowest BCUT2D eigenvalue weighted by Gasteiger charge is -2.07. The van der Waals surface area contributed by atoms with Gasteiger partial charge in [-0.25, -0.2) is 0 Å². The molecule has 14 heavy (non-hydrogen) atoms. The average molecular weight is 193 g/mol. The predicted octanol–water partition coefficient (Wildman–Crippen LogP) is 3.30. The molecular weight excluding hydrogens is 174 g/mol. The van der Waals surface area contributed by atoms with Gasteiger partial charge in [0.25, 0.3) is 0 Å². The smallest absolute Gasteiger partial charge is 0.119 e. The van der Waals surface area contributed by atoms with E-state index in [9.17, 15) is 0 Å². The van der Waals surface area contributed by atoms with E-state index in [1.165, 1.54) is 18.5 Å². The molecule has 0 spiro atoms. The molecule has 0 amide bonds. The Morgan fingerprint density at radius 3 is 2.43 bits per heavy atom. The topological polar surface area (TPSA) is 21.3 Å². The first-order valence-electron chi connectivity index (χ1n) is 5.33. The fourth-order valence-electron chi connectivity index (χ4n) is 1.25. The van der Waals surface area contributed by atoms with Crippen molar-refractivity contribution in [1.29, 1.82) is 0 Å². The lowest BCUT2D eigenvalue weighted by molar-refractivity contribution is 0.340. The highest BCUT2D eigenvalue weighted by Gasteiger charge is 1.93. The maximum Gasteiger partial charge on any atom is 0.119 e. The Balaban J connectivity index is 2.38. The molecule has 78 valence electrons. The standard InChI is InChI=1S/C12H19NO/c1-3-5-10-13-11-6-8-12(9-7-11)14-4-2/h6-9,13H,3-5,10H2,1-2H3. The summed E-state index contributed by atoms with van der Waals surface area (Å²) in [4.78, 5) is 0. The molecule has 0 saturated carbocycles. The minimum atomic E-state index is 0.725. The summed E-state index contributed by atoms with van der Waals surface area (Å²) >= 11 is 0. The number of anilines is 1. The van der Waals surface area contributed by atoms with E-state index >= 15 is 0 Å². The Morgan fingerprint density at radius 1 is 1.14 bits per heavy atom. The summed E-state index contributed by atoms with van der Waals surface area (Å²) in [5.41, 5.74) is 1.17. The van der Waals surface area contributed by atoms with Crippen molar-refractivity contribution in [2.75, 3.05) is 18.5 Å². The molecule has 2 nitrogen and oxygen atoms in total. The second-order valence-corrected chi connectivity index (χ2v) is 3.24. The number of nitrogens with one attached hydrogen (secondary N) is 1. The molecule has 0 fully saturated rings. The second kappa shape index (κ2) is 6.30. The number of hydrogen-bond acceptors (Lipinski definition) is 2. The van der Waals surface area contributed by atoms with Crippen LogP contribution < -0.4 is 10.1 Å². The summed E-state index contributed by atoms with van der Waals surface area (Å²) in [6.07, 6.45) is 2.44. The van der Waals surface area contributed by atoms with Crippen molar-refractivity contribution in [3.05, 3.63) is 24.3 Å². The van der Waals surface area contributed by atoms with Gasteiger partial charge in [-0.15, -0.1) is 0 Å². The van der Waals surface area contributed by atoms with E-state index in [-0.39, 0.29) is 0 Å². The molecule has 2 heteroatoms. The first-order valence-corrected chi connectivity index (χ1v) is 5.33. The summed E-state index contributed by atoms with van der Waals surface area (Å²) < 4.78 is 5.36. The quantitative estimate of drug-likeness (QED) is 0.700. The molecule has 0 aliphatic heterocycles. The molecule has 0 radical (unpaired) electrons. The molecule has 0 aliphatic carbocycles. The molecule has 0 heterocycles. The summed E-state index contributed by atoms with van der Waals surface area (Å²) in [6.45, 7) is 5.96. The normalized spacial score (nSPS) is 9.86. The SMILES string of the molecule is CCCCNc1ccc(OCC)cc1. The van der Waals surface area contributed by atoms with Gasteiger partial charge in [-0.1, -0.05) is 13.3 Å². The van der Waals surface area contributed by atoms with Crippen molar-refractivity contribution >= 4 is 5.69 Å². The van der Waals surface area contributed by atoms with Crippen LogP contribution in [0.25, 0.3) is 0 Å². The number of unbranched alkanes of at least 4 members (excludes halogenated alkanes) is 1. The van der Waals surface area contributed by atoms with Gasteiger partial charge >= 0.3 is 0 Å². The van der Waals surface area contributed by atoms with E-state index < -0.39 is 0 Å². The van der Waals surface area contributed by atoms with Crippen LogP contribution in [-0.2, 0) is 0 Å². The highest BCUT2D eigenvalue weighted by Crippen LogP contribution is 2.15. The average Bonchev–Trinajstić information content (AvgIpc) is 2.21. The van der Waals surface area contributed by atoms with Crippen LogP contribution in [0.3, 0.4) is 0 Å². The van der Waals surface area contributed by atoms with Gasteiger partial charge in [-0.2, -0.15) is 0 Å². The molecule has 0 bridgehead atoms. The molecule has 1 N–H and O–H groups in total. The number of benzene rings is 1. The third-order valence-corrected chi connectivity index (χ3v) is 2.02. The van der Waals surface area contributed by atoms with Gasteiger partial charge in [0.05, 0.1) is 6.61 Å². The summed E-state index contributed by atoms with van der Waals surface area (Å²) in [5, 5.41) is 3.36. The van der Waals surface area contributed by atoms with Crippen molar-refractivity contribution < 1.29 is 4.74 Å². The first kappa shape index (κ1) is 10.9. The molecule has 0 saturated heterocycles. The highest BCUT2D eigenvalue weighted by molar-refractivity contribution is 5.46. The Kier molecular flexibility index (Phi) is 4.90. The van der Waals surface area contributed by atoms with Crippen LogP contribution in [-0.4, -0.2) is 13.2 Å². The van der Waals surface area contributed by atoms with Crippen molar-refractivity contribution in [3.63, 3.8) is 0 Å². The zero-order valence-corrected chi connectivity index (χ0v) is 9.05. The third-order valence-electron chi connectivity index (χ3n) is 2.02. The second-order valence-electron chi connectivity index (χ2n) is 3.24. The fraction of sp³-hybridized carbons (Fsp3) is 0.500. The molecule has 1 rings (SSSR count). The molecule has 1 aromatic carbocycles. The minimum absolute atomic E-state index is 0.725. The van der Waals surface area contributed by atoms with E-state index in [1.54, 1.807) is 0 Å². The maximum absolute atomic E-state index is 5.36. The Morgan fingerprint density at radius 2 is 1.86 bits per heavy atom. The van der Waals surface area contributed by atoms with Gasteiger partial charge in [-0.3, -0.25) is 0 Å². The predicted molar refractivity (Wildman–Crippen MR) is 61.0 cm³/mol. The van der Waals surface area contributed by atoms with Gasteiger partial charge in [0.2, 0.25) is 0 Å². The Bertz CT molecular complexity index is 243. The third kappa shape index (κ3) is 3.69.